The summed E-state index contributed by atoms with van der Waals surface area (Å²) in [5.74, 6) is 2.63. The van der Waals surface area contributed by atoms with Gasteiger partial charge in [-0.3, -0.25) is 4.99 Å². The van der Waals surface area contributed by atoms with Crippen LogP contribution in [0, 0.1) is 12.8 Å². The summed E-state index contributed by atoms with van der Waals surface area (Å²) in [6, 6.07) is 14.6. The van der Waals surface area contributed by atoms with Gasteiger partial charge in [0.1, 0.15) is 0 Å². The number of hydrogen-bond acceptors (Lipinski definition) is 4. The third kappa shape index (κ3) is 5.66. The van der Waals surface area contributed by atoms with E-state index in [1.807, 2.05) is 18.2 Å². The number of aryl methyl sites for hydroxylation is 1. The Bertz CT molecular complexity index is 836. The molecule has 30 heavy (non-hydrogen) atoms. The lowest BCUT2D eigenvalue weighted by Gasteiger charge is -2.32. The molecular weight excluding hydrogens is 378 g/mol. The lowest BCUT2D eigenvalue weighted by molar-refractivity contribution is -0.0265. The van der Waals surface area contributed by atoms with Crippen LogP contribution < -0.4 is 20.1 Å². The van der Waals surface area contributed by atoms with Crippen LogP contribution in [0.15, 0.2) is 47.5 Å². The molecule has 1 heterocycles. The number of guanidine groups is 1. The molecule has 0 aromatic heterocycles. The molecule has 0 bridgehead atoms. The fourth-order valence-electron chi connectivity index (χ4n) is 3.80. The largest absolute Gasteiger partial charge is 0.493 e. The number of hydrogen-bond donors (Lipinski definition) is 2. The minimum absolute atomic E-state index is 0.121. The molecule has 2 aromatic rings. The van der Waals surface area contributed by atoms with E-state index >= 15 is 0 Å². The Balaban J connectivity index is 1.57. The molecule has 0 aliphatic carbocycles. The Kier molecular flexibility index (Phi) is 7.97. The number of nitrogens with zero attached hydrogens (tertiary/aromatic N) is 1. The van der Waals surface area contributed by atoms with E-state index in [9.17, 15) is 0 Å². The van der Waals surface area contributed by atoms with Crippen LogP contribution in [0.1, 0.15) is 35.6 Å². The average molecular weight is 412 g/mol. The second-order valence-electron chi connectivity index (χ2n) is 7.60. The summed E-state index contributed by atoms with van der Waals surface area (Å²) >= 11 is 0. The van der Waals surface area contributed by atoms with E-state index in [2.05, 4.69) is 46.8 Å². The molecule has 2 N–H and O–H groups in total. The van der Waals surface area contributed by atoms with Gasteiger partial charge in [-0.15, -0.1) is 0 Å². The predicted molar refractivity (Wildman–Crippen MR) is 120 cm³/mol. The van der Waals surface area contributed by atoms with E-state index < -0.39 is 0 Å². The molecule has 2 atom stereocenters. The molecule has 1 aliphatic rings. The van der Waals surface area contributed by atoms with Crippen molar-refractivity contribution in [3.63, 3.8) is 0 Å². The first-order chi connectivity index (χ1) is 14.6. The van der Waals surface area contributed by atoms with Gasteiger partial charge in [-0.25, -0.2) is 0 Å². The van der Waals surface area contributed by atoms with Crippen LogP contribution in [0.5, 0.6) is 11.5 Å². The van der Waals surface area contributed by atoms with Crippen LogP contribution in [0.4, 0.5) is 0 Å². The summed E-state index contributed by atoms with van der Waals surface area (Å²) < 4.78 is 16.8. The van der Waals surface area contributed by atoms with Crippen LogP contribution in [0.25, 0.3) is 0 Å². The first-order valence-electron chi connectivity index (χ1n) is 10.5. The lowest BCUT2D eigenvalue weighted by Crippen LogP contribution is -2.41. The van der Waals surface area contributed by atoms with Gasteiger partial charge in [0.15, 0.2) is 17.5 Å². The third-order valence-corrected chi connectivity index (χ3v) is 5.51. The Hall–Kier alpha value is -2.73. The van der Waals surface area contributed by atoms with Gasteiger partial charge in [-0.05, 0) is 43.0 Å². The Morgan fingerprint density at radius 2 is 1.83 bits per heavy atom. The SMILES string of the molecule is CN=C(NCc1ccc(OC)c(OC)c1)NCC1CCCOC1c1ccc(C)cc1. The van der Waals surface area contributed by atoms with Crippen molar-refractivity contribution in [2.24, 2.45) is 10.9 Å². The normalized spacial score (nSPS) is 19.3. The van der Waals surface area contributed by atoms with Crippen molar-refractivity contribution in [3.8, 4) is 11.5 Å². The van der Waals surface area contributed by atoms with E-state index in [1.54, 1.807) is 21.3 Å². The molecule has 0 amide bonds. The van der Waals surface area contributed by atoms with Crippen LogP contribution in [0.3, 0.4) is 0 Å². The zero-order chi connectivity index (χ0) is 21.3. The number of methoxy groups -OCH3 is 2. The van der Waals surface area contributed by atoms with Crippen molar-refractivity contribution in [2.45, 2.75) is 32.4 Å². The molecule has 0 spiro atoms. The van der Waals surface area contributed by atoms with E-state index in [-0.39, 0.29) is 6.10 Å². The molecule has 1 saturated heterocycles. The summed E-state index contributed by atoms with van der Waals surface area (Å²) in [6.07, 6.45) is 2.35. The summed E-state index contributed by atoms with van der Waals surface area (Å²) in [4.78, 5) is 4.37. The molecule has 6 nitrogen and oxygen atoms in total. The first-order valence-corrected chi connectivity index (χ1v) is 10.5. The molecule has 1 aliphatic heterocycles. The second-order valence-corrected chi connectivity index (χ2v) is 7.60. The molecule has 162 valence electrons. The van der Waals surface area contributed by atoms with Crippen LogP contribution in [-0.2, 0) is 11.3 Å². The van der Waals surface area contributed by atoms with Crippen LogP contribution in [0.2, 0.25) is 0 Å². The fraction of sp³-hybridized carbons (Fsp3) is 0.458. The number of rotatable bonds is 7. The van der Waals surface area contributed by atoms with Crippen molar-refractivity contribution in [2.75, 3.05) is 34.4 Å². The highest BCUT2D eigenvalue weighted by Gasteiger charge is 2.27. The molecule has 3 rings (SSSR count). The Morgan fingerprint density at radius 1 is 1.07 bits per heavy atom. The first kappa shape index (κ1) is 22.0. The molecule has 0 radical (unpaired) electrons. The van der Waals surface area contributed by atoms with Gasteiger partial charge in [0.05, 0.1) is 20.3 Å². The summed E-state index contributed by atoms with van der Waals surface area (Å²) in [6.45, 7) is 4.38. The van der Waals surface area contributed by atoms with Crippen LogP contribution >= 0.6 is 0 Å². The second kappa shape index (κ2) is 10.9. The van der Waals surface area contributed by atoms with Gasteiger partial charge in [0.2, 0.25) is 0 Å². The highest BCUT2D eigenvalue weighted by atomic mass is 16.5. The maximum Gasteiger partial charge on any atom is 0.191 e. The van der Waals surface area contributed by atoms with Crippen LogP contribution in [-0.4, -0.2) is 40.4 Å². The van der Waals surface area contributed by atoms with Gasteiger partial charge in [0.25, 0.3) is 0 Å². The number of benzene rings is 2. The van der Waals surface area contributed by atoms with E-state index in [0.29, 0.717) is 12.5 Å². The van der Waals surface area contributed by atoms with E-state index in [0.717, 1.165) is 49.0 Å². The standard InChI is InChI=1S/C24H33N3O3/c1-17-7-10-19(11-8-17)23-20(6-5-13-30-23)16-27-24(25-2)26-15-18-9-12-21(28-3)22(14-18)29-4/h7-12,14,20,23H,5-6,13,15-16H2,1-4H3,(H2,25,26,27). The van der Waals surface area contributed by atoms with Gasteiger partial charge in [0, 0.05) is 32.7 Å². The maximum atomic E-state index is 6.13. The highest BCUT2D eigenvalue weighted by molar-refractivity contribution is 5.79. The molecule has 0 saturated carbocycles. The van der Waals surface area contributed by atoms with Crippen molar-refractivity contribution in [1.29, 1.82) is 0 Å². The zero-order valence-corrected chi connectivity index (χ0v) is 18.4. The molecule has 6 heteroatoms. The van der Waals surface area contributed by atoms with E-state index in [4.69, 9.17) is 14.2 Å². The fourth-order valence-corrected chi connectivity index (χ4v) is 3.80. The minimum Gasteiger partial charge on any atom is -0.493 e. The van der Waals surface area contributed by atoms with Gasteiger partial charge < -0.3 is 24.8 Å². The van der Waals surface area contributed by atoms with Crippen molar-refractivity contribution in [1.82, 2.24) is 10.6 Å². The molecule has 2 unspecified atom stereocenters. The topological polar surface area (TPSA) is 64.1 Å². The van der Waals surface area contributed by atoms with E-state index in [1.165, 1.54) is 11.1 Å². The van der Waals surface area contributed by atoms with Gasteiger partial charge >= 0.3 is 0 Å². The quantitative estimate of drug-likeness (QED) is 0.535. The maximum absolute atomic E-state index is 6.13. The Morgan fingerprint density at radius 3 is 2.53 bits per heavy atom. The average Bonchev–Trinajstić information content (AvgIpc) is 2.79. The zero-order valence-electron chi connectivity index (χ0n) is 18.4. The monoisotopic (exact) mass is 411 g/mol. The van der Waals surface area contributed by atoms with Crippen molar-refractivity contribution >= 4 is 5.96 Å². The summed E-state index contributed by atoms with van der Waals surface area (Å²) in [5.41, 5.74) is 3.61. The summed E-state index contributed by atoms with van der Waals surface area (Å²) in [5, 5.41) is 6.85. The number of ether oxygens (including phenoxy) is 3. The number of nitrogens with one attached hydrogen (secondary N) is 2. The Labute approximate surface area is 179 Å². The smallest absolute Gasteiger partial charge is 0.191 e. The minimum atomic E-state index is 0.121. The van der Waals surface area contributed by atoms with Gasteiger partial charge in [-0.1, -0.05) is 35.9 Å². The summed E-state index contributed by atoms with van der Waals surface area (Å²) in [7, 11) is 5.07. The molecule has 2 aromatic carbocycles. The molecular formula is C24H33N3O3. The van der Waals surface area contributed by atoms with Gasteiger partial charge in [-0.2, -0.15) is 0 Å². The predicted octanol–water partition coefficient (Wildman–Crippen LogP) is 3.85. The van der Waals surface area contributed by atoms with Crippen molar-refractivity contribution in [3.05, 3.63) is 59.2 Å². The molecule has 1 fully saturated rings. The lowest BCUT2D eigenvalue weighted by atomic mass is 9.89. The highest BCUT2D eigenvalue weighted by Crippen LogP contribution is 2.33. The van der Waals surface area contributed by atoms with Crippen molar-refractivity contribution < 1.29 is 14.2 Å². The number of aliphatic imine (C=N–C) groups is 1. The third-order valence-electron chi connectivity index (χ3n) is 5.51.